The van der Waals surface area contributed by atoms with E-state index < -0.39 is 0 Å². The second kappa shape index (κ2) is 8.19. The van der Waals surface area contributed by atoms with Gasteiger partial charge in [-0.1, -0.05) is 77.8 Å². The van der Waals surface area contributed by atoms with Gasteiger partial charge in [0.1, 0.15) is 0 Å². The fourth-order valence-electron chi connectivity index (χ4n) is 3.29. The predicted molar refractivity (Wildman–Crippen MR) is 117 cm³/mol. The Bertz CT molecular complexity index is 1090. The molecule has 0 radical (unpaired) electrons. The third kappa shape index (κ3) is 3.83. The number of rotatable bonds is 5. The lowest BCUT2D eigenvalue weighted by atomic mass is 10.0. The first kappa shape index (κ1) is 18.8. The second-order valence-corrected chi connectivity index (χ2v) is 7.40. The average molecular weight is 408 g/mol. The van der Waals surface area contributed by atoms with Gasteiger partial charge in [0.15, 0.2) is 0 Å². The van der Waals surface area contributed by atoms with Gasteiger partial charge in [-0.25, -0.2) is 4.98 Å². The molecule has 0 saturated carbocycles. The molecule has 0 amide bonds. The van der Waals surface area contributed by atoms with Crippen LogP contribution in [0.4, 0.5) is 0 Å². The largest absolute Gasteiger partial charge is 0.328 e. The monoisotopic (exact) mass is 407 g/mol. The molecule has 1 aromatic heterocycles. The maximum Gasteiger partial charge on any atom is 0.0959 e. The van der Waals surface area contributed by atoms with Crippen LogP contribution in [0.5, 0.6) is 0 Å². The Kier molecular flexibility index (Phi) is 5.49. The SMILES string of the molecule is NCc1c(-c2ccc(Cl)cc2Cl)ncn1Cc1ccc(-c2ccccc2)cc1. The molecule has 3 aromatic carbocycles. The van der Waals surface area contributed by atoms with Gasteiger partial charge in [-0.15, -0.1) is 0 Å². The predicted octanol–water partition coefficient (Wildman–Crippen LogP) is 6.03. The fraction of sp³-hybridized carbons (Fsp3) is 0.0870. The van der Waals surface area contributed by atoms with E-state index >= 15 is 0 Å². The van der Waals surface area contributed by atoms with Crippen LogP contribution in [0.15, 0.2) is 79.1 Å². The smallest absolute Gasteiger partial charge is 0.0959 e. The van der Waals surface area contributed by atoms with Crippen LogP contribution in [0.25, 0.3) is 22.4 Å². The third-order valence-electron chi connectivity index (χ3n) is 4.74. The van der Waals surface area contributed by atoms with Crippen molar-refractivity contribution in [1.82, 2.24) is 9.55 Å². The van der Waals surface area contributed by atoms with Gasteiger partial charge in [0.2, 0.25) is 0 Å². The quantitative estimate of drug-likeness (QED) is 0.438. The Morgan fingerprint density at radius 3 is 2.25 bits per heavy atom. The first-order valence-corrected chi connectivity index (χ1v) is 9.75. The molecule has 2 N–H and O–H groups in total. The average Bonchev–Trinajstić information content (AvgIpc) is 3.11. The molecule has 0 spiro atoms. The Hall–Kier alpha value is -2.59. The number of aromatic nitrogens is 2. The zero-order valence-corrected chi connectivity index (χ0v) is 16.7. The van der Waals surface area contributed by atoms with Crippen LogP contribution < -0.4 is 5.73 Å². The molecule has 4 rings (SSSR count). The molecule has 28 heavy (non-hydrogen) atoms. The molecule has 1 heterocycles. The van der Waals surface area contributed by atoms with Crippen LogP contribution in [-0.2, 0) is 13.1 Å². The van der Waals surface area contributed by atoms with Crippen molar-refractivity contribution in [2.45, 2.75) is 13.1 Å². The van der Waals surface area contributed by atoms with Crippen LogP contribution in [0.1, 0.15) is 11.3 Å². The van der Waals surface area contributed by atoms with Gasteiger partial charge in [0.05, 0.1) is 22.7 Å². The Morgan fingerprint density at radius 2 is 1.57 bits per heavy atom. The second-order valence-electron chi connectivity index (χ2n) is 6.56. The van der Waals surface area contributed by atoms with Crippen LogP contribution in [-0.4, -0.2) is 9.55 Å². The topological polar surface area (TPSA) is 43.8 Å². The van der Waals surface area contributed by atoms with Crippen molar-refractivity contribution in [3.63, 3.8) is 0 Å². The van der Waals surface area contributed by atoms with E-state index in [0.29, 0.717) is 23.1 Å². The van der Waals surface area contributed by atoms with Crippen molar-refractivity contribution < 1.29 is 0 Å². The van der Waals surface area contributed by atoms with Crippen molar-refractivity contribution in [2.24, 2.45) is 5.73 Å². The van der Waals surface area contributed by atoms with Gasteiger partial charge in [-0.2, -0.15) is 0 Å². The summed E-state index contributed by atoms with van der Waals surface area (Å²) in [6.07, 6.45) is 1.81. The van der Waals surface area contributed by atoms with Gasteiger partial charge >= 0.3 is 0 Å². The maximum atomic E-state index is 6.36. The Balaban J connectivity index is 1.61. The molecule has 0 aliphatic rings. The van der Waals surface area contributed by atoms with Crippen LogP contribution >= 0.6 is 23.2 Å². The molecule has 0 saturated heterocycles. The van der Waals surface area contributed by atoms with Crippen LogP contribution in [0.2, 0.25) is 10.0 Å². The minimum Gasteiger partial charge on any atom is -0.328 e. The van der Waals surface area contributed by atoms with Gasteiger partial charge < -0.3 is 10.3 Å². The van der Waals surface area contributed by atoms with Crippen LogP contribution in [0, 0.1) is 0 Å². The van der Waals surface area contributed by atoms with Gasteiger partial charge in [0.25, 0.3) is 0 Å². The molecule has 0 fully saturated rings. The first-order chi connectivity index (χ1) is 13.7. The summed E-state index contributed by atoms with van der Waals surface area (Å²) in [6.45, 7) is 1.07. The normalized spacial score (nSPS) is 11.0. The Morgan fingerprint density at radius 1 is 0.857 bits per heavy atom. The highest BCUT2D eigenvalue weighted by Gasteiger charge is 2.15. The Labute approximate surface area is 174 Å². The van der Waals surface area contributed by atoms with Gasteiger partial charge in [0, 0.05) is 23.7 Å². The summed E-state index contributed by atoms with van der Waals surface area (Å²) in [5, 5.41) is 1.17. The van der Waals surface area contributed by atoms with E-state index in [9.17, 15) is 0 Å². The van der Waals surface area contributed by atoms with Crippen molar-refractivity contribution >= 4 is 23.2 Å². The van der Waals surface area contributed by atoms with Gasteiger partial charge in [-0.3, -0.25) is 0 Å². The molecule has 5 heteroatoms. The number of nitrogens with zero attached hydrogens (tertiary/aromatic N) is 2. The fourth-order valence-corrected chi connectivity index (χ4v) is 3.79. The zero-order valence-electron chi connectivity index (χ0n) is 15.1. The molecule has 0 aliphatic carbocycles. The number of halogens is 2. The van der Waals surface area contributed by atoms with Crippen molar-refractivity contribution in [2.75, 3.05) is 0 Å². The van der Waals surface area contributed by atoms with E-state index in [1.807, 2.05) is 36.7 Å². The summed E-state index contributed by atoms with van der Waals surface area (Å²) in [4.78, 5) is 4.56. The number of imidazole rings is 1. The van der Waals surface area contributed by atoms with E-state index in [-0.39, 0.29) is 0 Å². The third-order valence-corrected chi connectivity index (χ3v) is 5.29. The lowest BCUT2D eigenvalue weighted by Gasteiger charge is -2.10. The van der Waals surface area contributed by atoms with Crippen molar-refractivity contribution in [3.8, 4) is 22.4 Å². The lowest BCUT2D eigenvalue weighted by molar-refractivity contribution is 0.741. The number of benzene rings is 3. The minimum absolute atomic E-state index is 0.371. The number of hydrogen-bond donors (Lipinski definition) is 1. The maximum absolute atomic E-state index is 6.36. The molecular formula is C23H19Cl2N3. The van der Waals surface area contributed by atoms with Gasteiger partial charge in [-0.05, 0) is 34.9 Å². The molecule has 4 aromatic rings. The number of nitrogens with two attached hydrogens (primary N) is 1. The highest BCUT2D eigenvalue weighted by atomic mass is 35.5. The van der Waals surface area contributed by atoms with Crippen LogP contribution in [0.3, 0.4) is 0 Å². The molecule has 0 bridgehead atoms. The summed E-state index contributed by atoms with van der Waals surface area (Å²) in [5.41, 5.74) is 12.2. The zero-order chi connectivity index (χ0) is 19.5. The summed E-state index contributed by atoms with van der Waals surface area (Å²) in [6, 6.07) is 24.3. The molecule has 0 aliphatic heterocycles. The molecule has 0 atom stereocenters. The molecule has 0 unspecified atom stereocenters. The molecule has 3 nitrogen and oxygen atoms in total. The number of hydrogen-bond acceptors (Lipinski definition) is 2. The summed E-state index contributed by atoms with van der Waals surface area (Å²) in [5.74, 6) is 0. The summed E-state index contributed by atoms with van der Waals surface area (Å²) < 4.78 is 2.07. The van der Waals surface area contributed by atoms with E-state index in [4.69, 9.17) is 28.9 Å². The minimum atomic E-state index is 0.371. The first-order valence-electron chi connectivity index (χ1n) is 8.99. The van der Waals surface area contributed by atoms with Crippen molar-refractivity contribution in [1.29, 1.82) is 0 Å². The summed E-state index contributed by atoms with van der Waals surface area (Å²) >= 11 is 12.4. The highest BCUT2D eigenvalue weighted by molar-refractivity contribution is 6.36. The highest BCUT2D eigenvalue weighted by Crippen LogP contribution is 2.31. The van der Waals surface area contributed by atoms with E-state index in [1.54, 1.807) is 6.07 Å². The standard InChI is InChI=1S/C23H19Cl2N3/c24-19-10-11-20(21(25)12-19)23-22(13-26)28(15-27-23)14-16-6-8-18(9-7-16)17-4-2-1-3-5-17/h1-12,15H,13-14,26H2. The molecule has 140 valence electrons. The summed E-state index contributed by atoms with van der Waals surface area (Å²) in [7, 11) is 0. The van der Waals surface area contributed by atoms with E-state index in [2.05, 4.69) is 45.9 Å². The van der Waals surface area contributed by atoms with Crippen molar-refractivity contribution in [3.05, 3.63) is 100 Å². The lowest BCUT2D eigenvalue weighted by Crippen LogP contribution is -2.08. The van der Waals surface area contributed by atoms with E-state index in [1.165, 1.54) is 16.7 Å². The van der Waals surface area contributed by atoms with E-state index in [0.717, 1.165) is 17.0 Å². The molecular weight excluding hydrogens is 389 g/mol.